The van der Waals surface area contributed by atoms with Gasteiger partial charge in [-0.2, -0.15) is 0 Å². The van der Waals surface area contributed by atoms with Gasteiger partial charge in [0.05, 0.1) is 6.04 Å². The van der Waals surface area contributed by atoms with E-state index in [0.29, 0.717) is 24.9 Å². The van der Waals surface area contributed by atoms with Crippen molar-refractivity contribution in [3.63, 3.8) is 0 Å². The summed E-state index contributed by atoms with van der Waals surface area (Å²) >= 11 is 0. The van der Waals surface area contributed by atoms with Crippen molar-refractivity contribution in [2.24, 2.45) is 0 Å². The van der Waals surface area contributed by atoms with Gasteiger partial charge in [-0.3, -0.25) is 9.59 Å². The molecule has 0 aliphatic carbocycles. The van der Waals surface area contributed by atoms with Crippen LogP contribution in [0.15, 0.2) is 48.5 Å². The number of ketones is 1. The quantitative estimate of drug-likeness (QED) is 0.814. The zero-order valence-corrected chi connectivity index (χ0v) is 12.3. The summed E-state index contributed by atoms with van der Waals surface area (Å²) < 4.78 is 26.3. The Hall–Kier alpha value is -2.56. The lowest BCUT2D eigenvalue weighted by Crippen LogP contribution is -2.40. The molecule has 0 radical (unpaired) electrons. The molecule has 118 valence electrons. The van der Waals surface area contributed by atoms with Crippen molar-refractivity contribution < 1.29 is 18.4 Å². The molecule has 1 saturated heterocycles. The topological polar surface area (TPSA) is 37.4 Å². The number of halogens is 2. The molecule has 23 heavy (non-hydrogen) atoms. The fraction of sp³-hybridized carbons (Fsp3) is 0.222. The summed E-state index contributed by atoms with van der Waals surface area (Å²) in [6.45, 7) is 0.432. The van der Waals surface area contributed by atoms with Crippen LogP contribution >= 0.6 is 0 Å². The highest BCUT2D eigenvalue weighted by Crippen LogP contribution is 2.24. The summed E-state index contributed by atoms with van der Waals surface area (Å²) in [6, 6.07) is 11.2. The number of nitrogens with zero attached hydrogens (tertiary/aromatic N) is 1. The van der Waals surface area contributed by atoms with E-state index >= 15 is 0 Å². The molecule has 0 saturated carbocycles. The lowest BCUT2D eigenvalue weighted by Gasteiger charge is -2.24. The maximum atomic E-state index is 13.3. The zero-order valence-electron chi connectivity index (χ0n) is 12.3. The van der Waals surface area contributed by atoms with Gasteiger partial charge in [0.25, 0.3) is 5.91 Å². The molecule has 1 aliphatic heterocycles. The molecule has 3 rings (SSSR count). The first-order chi connectivity index (χ1) is 11.1. The van der Waals surface area contributed by atoms with E-state index in [-0.39, 0.29) is 11.3 Å². The minimum absolute atomic E-state index is 0.0525. The molecule has 1 amide bonds. The first-order valence-corrected chi connectivity index (χ1v) is 7.43. The third-order valence-electron chi connectivity index (χ3n) is 4.04. The van der Waals surface area contributed by atoms with E-state index in [9.17, 15) is 18.4 Å². The predicted molar refractivity (Wildman–Crippen MR) is 81.2 cm³/mol. The van der Waals surface area contributed by atoms with Crippen LogP contribution < -0.4 is 0 Å². The fourth-order valence-electron chi connectivity index (χ4n) is 2.87. The first kappa shape index (κ1) is 15.3. The number of likely N-dealkylation sites (tertiary alicyclic amines) is 1. The normalized spacial score (nSPS) is 17.3. The van der Waals surface area contributed by atoms with Crippen LogP contribution in [-0.2, 0) is 0 Å². The average molecular weight is 315 g/mol. The molecule has 1 unspecified atom stereocenters. The standard InChI is InChI=1S/C18H15F2NO2/c19-14-9-8-13(11-15(14)20)18(23)21-10-4-7-16(21)17(22)12-5-2-1-3-6-12/h1-3,5-6,8-9,11,16H,4,7,10H2. The molecule has 1 atom stereocenters. The van der Waals surface area contributed by atoms with Gasteiger partial charge in [-0.05, 0) is 31.0 Å². The van der Waals surface area contributed by atoms with Crippen LogP contribution in [0.1, 0.15) is 33.6 Å². The molecular weight excluding hydrogens is 300 g/mol. The van der Waals surface area contributed by atoms with E-state index in [0.717, 1.165) is 12.1 Å². The Balaban J connectivity index is 1.85. The van der Waals surface area contributed by atoms with Gasteiger partial charge < -0.3 is 4.90 Å². The first-order valence-electron chi connectivity index (χ1n) is 7.43. The van der Waals surface area contributed by atoms with Gasteiger partial charge in [-0.1, -0.05) is 30.3 Å². The van der Waals surface area contributed by atoms with E-state index in [1.54, 1.807) is 24.3 Å². The molecule has 2 aromatic carbocycles. The van der Waals surface area contributed by atoms with E-state index in [1.165, 1.54) is 11.0 Å². The molecule has 5 heteroatoms. The molecule has 1 aliphatic rings. The highest BCUT2D eigenvalue weighted by atomic mass is 19.2. The summed E-state index contributed by atoms with van der Waals surface area (Å²) in [5.41, 5.74) is 0.596. The number of Topliss-reactive ketones (excluding diaryl/α,β-unsaturated/α-hetero) is 1. The van der Waals surface area contributed by atoms with Crippen LogP contribution in [0.5, 0.6) is 0 Å². The van der Waals surface area contributed by atoms with Crippen molar-refractivity contribution in [2.45, 2.75) is 18.9 Å². The van der Waals surface area contributed by atoms with E-state index in [2.05, 4.69) is 0 Å². The molecule has 0 aromatic heterocycles. The second kappa shape index (κ2) is 6.28. The van der Waals surface area contributed by atoms with Gasteiger partial charge >= 0.3 is 0 Å². The summed E-state index contributed by atoms with van der Waals surface area (Å²) in [5, 5.41) is 0. The van der Waals surface area contributed by atoms with E-state index in [4.69, 9.17) is 0 Å². The molecule has 1 heterocycles. The Morgan fingerprint density at radius 1 is 0.957 bits per heavy atom. The minimum atomic E-state index is -1.07. The number of benzene rings is 2. The van der Waals surface area contributed by atoms with Crippen LogP contribution in [0.4, 0.5) is 8.78 Å². The van der Waals surface area contributed by atoms with Gasteiger partial charge in [-0.15, -0.1) is 0 Å². The van der Waals surface area contributed by atoms with Crippen LogP contribution in [-0.4, -0.2) is 29.2 Å². The molecule has 0 spiro atoms. The van der Waals surface area contributed by atoms with E-state index in [1.807, 2.05) is 6.07 Å². The third kappa shape index (κ3) is 2.99. The fourth-order valence-corrected chi connectivity index (χ4v) is 2.87. The number of carbonyl (C=O) groups is 2. The van der Waals surface area contributed by atoms with Crippen molar-refractivity contribution in [1.82, 2.24) is 4.90 Å². The predicted octanol–water partition coefficient (Wildman–Crippen LogP) is 3.45. The van der Waals surface area contributed by atoms with Gasteiger partial charge in [0.2, 0.25) is 0 Å². The molecular formula is C18H15F2NO2. The average Bonchev–Trinajstić information content (AvgIpc) is 3.06. The maximum absolute atomic E-state index is 13.3. The number of carbonyl (C=O) groups excluding carboxylic acids is 2. The second-order valence-corrected chi connectivity index (χ2v) is 5.52. The van der Waals surface area contributed by atoms with Crippen molar-refractivity contribution in [3.05, 3.63) is 71.3 Å². The summed E-state index contributed by atoms with van der Waals surface area (Å²) in [4.78, 5) is 26.6. The molecule has 2 aromatic rings. The zero-order chi connectivity index (χ0) is 16.4. The molecule has 1 fully saturated rings. The maximum Gasteiger partial charge on any atom is 0.254 e. The molecule has 0 bridgehead atoms. The number of hydrogen-bond donors (Lipinski definition) is 0. The summed E-state index contributed by atoms with van der Waals surface area (Å²) in [7, 11) is 0. The minimum Gasteiger partial charge on any atom is -0.328 e. The highest BCUT2D eigenvalue weighted by molar-refractivity contribution is 6.04. The van der Waals surface area contributed by atoms with Crippen molar-refractivity contribution in [2.75, 3.05) is 6.54 Å². The Kier molecular flexibility index (Phi) is 4.19. The lowest BCUT2D eigenvalue weighted by molar-refractivity contribution is 0.0671. The Morgan fingerprint density at radius 2 is 1.70 bits per heavy atom. The smallest absolute Gasteiger partial charge is 0.254 e. The van der Waals surface area contributed by atoms with Crippen molar-refractivity contribution in [1.29, 1.82) is 0 Å². The largest absolute Gasteiger partial charge is 0.328 e. The van der Waals surface area contributed by atoms with E-state index < -0.39 is 23.6 Å². The lowest BCUT2D eigenvalue weighted by atomic mass is 10.0. The Morgan fingerprint density at radius 3 is 2.39 bits per heavy atom. The summed E-state index contributed by atoms with van der Waals surface area (Å²) in [5.74, 6) is -2.64. The number of rotatable bonds is 3. The Labute approximate surface area is 132 Å². The number of amides is 1. The number of hydrogen-bond acceptors (Lipinski definition) is 2. The van der Waals surface area contributed by atoms with Gasteiger partial charge in [0.15, 0.2) is 17.4 Å². The monoisotopic (exact) mass is 315 g/mol. The van der Waals surface area contributed by atoms with Crippen molar-refractivity contribution in [3.8, 4) is 0 Å². The molecule has 0 N–H and O–H groups in total. The summed E-state index contributed by atoms with van der Waals surface area (Å²) in [6.07, 6.45) is 1.28. The third-order valence-corrected chi connectivity index (χ3v) is 4.04. The molecule has 3 nitrogen and oxygen atoms in total. The second-order valence-electron chi connectivity index (χ2n) is 5.52. The Bertz CT molecular complexity index is 746. The van der Waals surface area contributed by atoms with Gasteiger partial charge in [0, 0.05) is 17.7 Å². The van der Waals surface area contributed by atoms with Crippen LogP contribution in [0.25, 0.3) is 0 Å². The SMILES string of the molecule is O=C(c1ccccc1)C1CCCN1C(=O)c1ccc(F)c(F)c1. The van der Waals surface area contributed by atoms with Gasteiger partial charge in [-0.25, -0.2) is 8.78 Å². The van der Waals surface area contributed by atoms with Crippen molar-refractivity contribution >= 4 is 11.7 Å². The van der Waals surface area contributed by atoms with Crippen LogP contribution in [0.2, 0.25) is 0 Å². The van der Waals surface area contributed by atoms with Crippen LogP contribution in [0, 0.1) is 11.6 Å². The van der Waals surface area contributed by atoms with Gasteiger partial charge in [0.1, 0.15) is 0 Å². The highest BCUT2D eigenvalue weighted by Gasteiger charge is 2.35. The van der Waals surface area contributed by atoms with Crippen LogP contribution in [0.3, 0.4) is 0 Å².